The second kappa shape index (κ2) is 26.2. The fourth-order valence-corrected chi connectivity index (χ4v) is 4.20. The molecule has 0 N–H and O–H groups in total. The Labute approximate surface area is 234 Å². The number of esters is 2. The number of nitrogens with zero attached hydrogens (tertiary/aromatic N) is 1. The standard InChI is InChI=1S/C33H53NO4/c1-6-9-12-15-16-18-20-25-30(24-19-17-13-10-7-2)33(36)37-29-31(26-21-14-11-8-3)38-32(35)27-22-23-28-34(4)5/h3,30-31H,6-7,9-10,12-13,15-20,22-25,27-29H2,1-2,4-5H3. The van der Waals surface area contributed by atoms with E-state index in [0.717, 1.165) is 57.9 Å². The second-order valence-corrected chi connectivity index (χ2v) is 10.3. The van der Waals surface area contributed by atoms with E-state index in [4.69, 9.17) is 15.9 Å². The third kappa shape index (κ3) is 22.8. The van der Waals surface area contributed by atoms with Crippen molar-refractivity contribution in [2.24, 2.45) is 5.92 Å². The molecule has 0 rings (SSSR count). The zero-order valence-electron chi connectivity index (χ0n) is 24.7. The van der Waals surface area contributed by atoms with E-state index in [-0.39, 0.29) is 24.5 Å². The number of rotatable bonds is 23. The Morgan fingerprint density at radius 1 is 0.763 bits per heavy atom. The number of hydrogen-bond donors (Lipinski definition) is 0. The number of carbonyl (C=O) groups is 2. The van der Waals surface area contributed by atoms with E-state index in [0.29, 0.717) is 6.42 Å². The summed E-state index contributed by atoms with van der Waals surface area (Å²) in [5.74, 6) is 11.9. The molecule has 0 aliphatic carbocycles. The molecular formula is C33H53NO4. The third-order valence-electron chi connectivity index (χ3n) is 6.46. The molecule has 0 radical (unpaired) electrons. The van der Waals surface area contributed by atoms with E-state index >= 15 is 0 Å². The van der Waals surface area contributed by atoms with Gasteiger partial charge in [0, 0.05) is 6.42 Å². The molecule has 2 atom stereocenters. The number of unbranched alkanes of at least 4 members (excludes halogenated alkanes) is 11. The molecule has 0 saturated heterocycles. The Kier molecular flexibility index (Phi) is 24.5. The van der Waals surface area contributed by atoms with Gasteiger partial charge in [0.05, 0.1) is 5.92 Å². The summed E-state index contributed by atoms with van der Waals surface area (Å²) in [6, 6.07) is 0. The molecule has 0 aromatic rings. The van der Waals surface area contributed by atoms with Gasteiger partial charge in [-0.05, 0) is 75.9 Å². The minimum absolute atomic E-state index is 0.0869. The van der Waals surface area contributed by atoms with Crippen LogP contribution in [0.15, 0.2) is 0 Å². The first kappa shape index (κ1) is 35.6. The van der Waals surface area contributed by atoms with Crippen LogP contribution in [0, 0.1) is 41.9 Å². The Morgan fingerprint density at radius 3 is 1.89 bits per heavy atom. The van der Waals surface area contributed by atoms with Gasteiger partial charge < -0.3 is 14.4 Å². The van der Waals surface area contributed by atoms with Crippen LogP contribution >= 0.6 is 0 Å². The van der Waals surface area contributed by atoms with Crippen LogP contribution in [0.25, 0.3) is 0 Å². The van der Waals surface area contributed by atoms with E-state index in [9.17, 15) is 9.59 Å². The Hall–Kier alpha value is -2.42. The number of terminal acetylenes is 1. The van der Waals surface area contributed by atoms with Gasteiger partial charge in [0.25, 0.3) is 0 Å². The van der Waals surface area contributed by atoms with E-state index in [1.807, 2.05) is 14.1 Å². The molecule has 0 aromatic heterocycles. The van der Waals surface area contributed by atoms with Gasteiger partial charge in [-0.25, -0.2) is 0 Å². The highest BCUT2D eigenvalue weighted by Crippen LogP contribution is 2.21. The van der Waals surface area contributed by atoms with Crippen molar-refractivity contribution < 1.29 is 19.1 Å². The molecule has 5 heteroatoms. The zero-order chi connectivity index (χ0) is 28.3. The molecule has 0 spiro atoms. The van der Waals surface area contributed by atoms with Crippen LogP contribution in [0.5, 0.6) is 0 Å². The van der Waals surface area contributed by atoms with Crippen LogP contribution in [0.3, 0.4) is 0 Å². The van der Waals surface area contributed by atoms with Crippen LogP contribution in [0.2, 0.25) is 0 Å². The van der Waals surface area contributed by atoms with Crippen LogP contribution in [0.1, 0.15) is 123 Å². The molecular weight excluding hydrogens is 474 g/mol. The highest BCUT2D eigenvalue weighted by Gasteiger charge is 2.22. The topological polar surface area (TPSA) is 55.8 Å². The van der Waals surface area contributed by atoms with Crippen molar-refractivity contribution >= 4 is 11.9 Å². The maximum absolute atomic E-state index is 13.0. The first-order valence-corrected chi connectivity index (χ1v) is 14.9. The molecule has 0 bridgehead atoms. The van der Waals surface area contributed by atoms with Gasteiger partial charge in [-0.15, -0.1) is 6.42 Å². The lowest BCUT2D eigenvalue weighted by Crippen LogP contribution is -2.27. The molecule has 0 aliphatic heterocycles. The SMILES string of the molecule is C#CC#CC#CC(COC(=O)C(CCCCCCC)CCCCCCCCC)OC(=O)CCCCN(C)C. The van der Waals surface area contributed by atoms with Gasteiger partial charge in [-0.3, -0.25) is 9.59 Å². The van der Waals surface area contributed by atoms with E-state index in [1.165, 1.54) is 51.4 Å². The molecule has 0 fully saturated rings. The lowest BCUT2D eigenvalue weighted by Gasteiger charge is -2.18. The second-order valence-electron chi connectivity index (χ2n) is 10.3. The summed E-state index contributed by atoms with van der Waals surface area (Å²) in [4.78, 5) is 27.5. The van der Waals surface area contributed by atoms with Crippen LogP contribution in [0.4, 0.5) is 0 Å². The van der Waals surface area contributed by atoms with E-state index in [1.54, 1.807) is 0 Å². The normalized spacial score (nSPS) is 11.9. The van der Waals surface area contributed by atoms with Crippen molar-refractivity contribution in [3.63, 3.8) is 0 Å². The van der Waals surface area contributed by atoms with Gasteiger partial charge in [0.2, 0.25) is 0 Å². The molecule has 5 nitrogen and oxygen atoms in total. The minimum Gasteiger partial charge on any atom is -0.460 e. The number of hydrogen-bond acceptors (Lipinski definition) is 5. The summed E-state index contributed by atoms with van der Waals surface area (Å²) in [6.45, 7) is 5.25. The van der Waals surface area contributed by atoms with E-state index in [2.05, 4.69) is 48.3 Å². The lowest BCUT2D eigenvalue weighted by molar-refractivity contribution is -0.158. The summed E-state index contributed by atoms with van der Waals surface area (Å²) in [5.41, 5.74) is 0. The molecule has 0 aromatic carbocycles. The lowest BCUT2D eigenvalue weighted by atomic mass is 9.94. The first-order chi connectivity index (χ1) is 18.4. The Balaban J connectivity index is 4.92. The number of carbonyl (C=O) groups excluding carboxylic acids is 2. The number of ether oxygens (including phenoxy) is 2. The highest BCUT2D eigenvalue weighted by molar-refractivity contribution is 5.72. The molecule has 2 unspecified atom stereocenters. The van der Waals surface area contributed by atoms with Crippen LogP contribution in [-0.2, 0) is 19.1 Å². The summed E-state index contributed by atoms with van der Waals surface area (Å²) in [6.07, 6.45) is 22.2. The maximum Gasteiger partial charge on any atom is 0.309 e. The summed E-state index contributed by atoms with van der Waals surface area (Å²) >= 11 is 0. The molecule has 0 heterocycles. The fraction of sp³-hybridized carbons (Fsp3) is 0.758. The van der Waals surface area contributed by atoms with E-state index < -0.39 is 6.10 Å². The average molecular weight is 528 g/mol. The molecule has 0 saturated carbocycles. The summed E-state index contributed by atoms with van der Waals surface area (Å²) < 4.78 is 11.2. The minimum atomic E-state index is -0.851. The van der Waals surface area contributed by atoms with Gasteiger partial charge in [0.1, 0.15) is 6.61 Å². The monoisotopic (exact) mass is 527 g/mol. The summed E-state index contributed by atoms with van der Waals surface area (Å²) in [5, 5.41) is 0. The Bertz CT molecular complexity index is 775. The van der Waals surface area contributed by atoms with Crippen molar-refractivity contribution in [3.05, 3.63) is 0 Å². The van der Waals surface area contributed by atoms with Crippen molar-refractivity contribution in [3.8, 4) is 36.0 Å². The van der Waals surface area contributed by atoms with Gasteiger partial charge in [-0.1, -0.05) is 90.9 Å². The molecule has 0 amide bonds. The van der Waals surface area contributed by atoms with Crippen molar-refractivity contribution in [2.45, 2.75) is 129 Å². The third-order valence-corrected chi connectivity index (χ3v) is 6.46. The predicted molar refractivity (Wildman–Crippen MR) is 157 cm³/mol. The predicted octanol–water partition coefficient (Wildman–Crippen LogP) is 6.93. The molecule has 38 heavy (non-hydrogen) atoms. The fourth-order valence-electron chi connectivity index (χ4n) is 4.20. The summed E-state index contributed by atoms with van der Waals surface area (Å²) in [7, 11) is 4.00. The van der Waals surface area contributed by atoms with Crippen LogP contribution < -0.4 is 0 Å². The zero-order valence-corrected chi connectivity index (χ0v) is 24.7. The maximum atomic E-state index is 13.0. The van der Waals surface area contributed by atoms with Gasteiger partial charge >= 0.3 is 11.9 Å². The quantitative estimate of drug-likeness (QED) is 0.0819. The van der Waals surface area contributed by atoms with Crippen molar-refractivity contribution in [1.82, 2.24) is 4.90 Å². The van der Waals surface area contributed by atoms with Crippen LogP contribution in [-0.4, -0.2) is 50.2 Å². The van der Waals surface area contributed by atoms with Crippen molar-refractivity contribution in [1.29, 1.82) is 0 Å². The first-order valence-electron chi connectivity index (χ1n) is 14.9. The smallest absolute Gasteiger partial charge is 0.309 e. The largest absolute Gasteiger partial charge is 0.460 e. The van der Waals surface area contributed by atoms with Crippen molar-refractivity contribution in [2.75, 3.05) is 27.2 Å². The van der Waals surface area contributed by atoms with Gasteiger partial charge in [-0.2, -0.15) is 0 Å². The highest BCUT2D eigenvalue weighted by atomic mass is 16.6. The molecule has 0 aliphatic rings. The average Bonchev–Trinajstić information content (AvgIpc) is 2.89. The Morgan fingerprint density at radius 2 is 1.34 bits per heavy atom. The van der Waals surface area contributed by atoms with Gasteiger partial charge in [0.15, 0.2) is 6.10 Å². The molecule has 214 valence electrons.